The van der Waals surface area contributed by atoms with Crippen molar-refractivity contribution in [3.8, 4) is 0 Å². The zero-order valence-electron chi connectivity index (χ0n) is 9.13. The predicted octanol–water partition coefficient (Wildman–Crippen LogP) is 0.858. The van der Waals surface area contributed by atoms with Crippen LogP contribution in [0.2, 0.25) is 0 Å². The van der Waals surface area contributed by atoms with Gasteiger partial charge in [-0.25, -0.2) is 8.42 Å². The number of sulfone groups is 1. The maximum atomic E-state index is 11.3. The molecule has 2 unspecified atom stereocenters. The van der Waals surface area contributed by atoms with Gasteiger partial charge in [0.2, 0.25) is 0 Å². The van der Waals surface area contributed by atoms with E-state index < -0.39 is 15.9 Å². The molecule has 1 aliphatic heterocycles. The maximum absolute atomic E-state index is 11.3. The fourth-order valence-electron chi connectivity index (χ4n) is 2.00. The number of aliphatic hydroxyl groups excluding tert-OH is 1. The summed E-state index contributed by atoms with van der Waals surface area (Å²) in [7, 11) is -2.94. The molecule has 0 aromatic carbocycles. The number of aryl methyl sites for hydroxylation is 1. The molecule has 4 nitrogen and oxygen atoms in total. The van der Waals surface area contributed by atoms with E-state index in [1.807, 2.05) is 13.0 Å². The number of rotatable bonds is 2. The molecule has 2 rings (SSSR count). The molecule has 0 radical (unpaired) electrons. The molecule has 16 heavy (non-hydrogen) atoms. The van der Waals surface area contributed by atoms with Gasteiger partial charge in [0.25, 0.3) is 0 Å². The van der Waals surface area contributed by atoms with Crippen molar-refractivity contribution in [2.24, 2.45) is 5.92 Å². The van der Waals surface area contributed by atoms with Gasteiger partial charge in [0.1, 0.15) is 0 Å². The Morgan fingerprint density at radius 2 is 2.25 bits per heavy atom. The summed E-state index contributed by atoms with van der Waals surface area (Å²) >= 11 is 0. The highest BCUT2D eigenvalue weighted by atomic mass is 32.2. The van der Waals surface area contributed by atoms with Gasteiger partial charge < -0.3 is 5.11 Å². The molecule has 1 N–H and O–H groups in total. The number of nitrogens with zero attached hydrogens (tertiary/aromatic N) is 1. The Morgan fingerprint density at radius 1 is 1.50 bits per heavy atom. The van der Waals surface area contributed by atoms with Crippen LogP contribution in [0.5, 0.6) is 0 Å². The monoisotopic (exact) mass is 241 g/mol. The van der Waals surface area contributed by atoms with Gasteiger partial charge in [-0.15, -0.1) is 0 Å². The van der Waals surface area contributed by atoms with Crippen molar-refractivity contribution in [3.63, 3.8) is 0 Å². The third-order valence-electron chi connectivity index (χ3n) is 2.99. The first kappa shape index (κ1) is 11.5. The Kier molecular flexibility index (Phi) is 2.99. The highest BCUT2D eigenvalue weighted by Gasteiger charge is 2.33. The van der Waals surface area contributed by atoms with Crippen LogP contribution in [0.25, 0.3) is 0 Å². The van der Waals surface area contributed by atoms with E-state index in [0.717, 1.165) is 5.69 Å². The lowest BCUT2D eigenvalue weighted by atomic mass is 9.96. The summed E-state index contributed by atoms with van der Waals surface area (Å²) in [4.78, 5) is 4.10. The molecular weight excluding hydrogens is 226 g/mol. The number of hydrogen-bond acceptors (Lipinski definition) is 4. The first-order valence-corrected chi connectivity index (χ1v) is 7.11. The number of pyridine rings is 1. The number of aromatic nitrogens is 1. The van der Waals surface area contributed by atoms with Gasteiger partial charge >= 0.3 is 0 Å². The molecule has 1 aromatic rings. The Labute approximate surface area is 95.3 Å². The van der Waals surface area contributed by atoms with Crippen LogP contribution in [0.1, 0.15) is 23.8 Å². The smallest absolute Gasteiger partial charge is 0.150 e. The van der Waals surface area contributed by atoms with Crippen molar-refractivity contribution in [3.05, 3.63) is 29.6 Å². The van der Waals surface area contributed by atoms with Crippen LogP contribution >= 0.6 is 0 Å². The molecule has 0 amide bonds. The average Bonchev–Trinajstić information content (AvgIpc) is 2.59. The molecule has 0 spiro atoms. The van der Waals surface area contributed by atoms with Crippen molar-refractivity contribution in [1.82, 2.24) is 4.98 Å². The number of hydrogen-bond donors (Lipinski definition) is 1. The number of aliphatic hydroxyl groups is 1. The van der Waals surface area contributed by atoms with E-state index in [0.29, 0.717) is 12.0 Å². The second kappa shape index (κ2) is 4.14. The van der Waals surface area contributed by atoms with Gasteiger partial charge in [0.15, 0.2) is 9.84 Å². The molecule has 1 saturated heterocycles. The van der Waals surface area contributed by atoms with Gasteiger partial charge in [-0.2, -0.15) is 0 Å². The van der Waals surface area contributed by atoms with Crippen molar-refractivity contribution in [2.75, 3.05) is 11.5 Å². The molecule has 1 fully saturated rings. The summed E-state index contributed by atoms with van der Waals surface area (Å²) in [5, 5.41) is 10.0. The SMILES string of the molecule is Cc1ccc(C(O)C2CCS(=O)(=O)C2)cn1. The summed E-state index contributed by atoms with van der Waals surface area (Å²) in [5.41, 5.74) is 1.59. The Hall–Kier alpha value is -0.940. The normalized spacial score (nSPS) is 25.5. The first-order valence-electron chi connectivity index (χ1n) is 5.29. The molecule has 88 valence electrons. The van der Waals surface area contributed by atoms with E-state index in [9.17, 15) is 13.5 Å². The molecule has 1 aromatic heterocycles. The van der Waals surface area contributed by atoms with E-state index >= 15 is 0 Å². The van der Waals surface area contributed by atoms with Crippen LogP contribution in [0.3, 0.4) is 0 Å². The molecular formula is C11H15NO3S. The van der Waals surface area contributed by atoms with Crippen LogP contribution in [0.15, 0.2) is 18.3 Å². The van der Waals surface area contributed by atoms with Gasteiger partial charge in [0, 0.05) is 17.8 Å². The van der Waals surface area contributed by atoms with Crippen molar-refractivity contribution in [1.29, 1.82) is 0 Å². The molecule has 0 aliphatic carbocycles. The molecule has 2 atom stereocenters. The summed E-state index contributed by atoms with van der Waals surface area (Å²) in [6.45, 7) is 1.87. The lowest BCUT2D eigenvalue weighted by molar-refractivity contribution is 0.120. The van der Waals surface area contributed by atoms with Gasteiger partial charge in [-0.1, -0.05) is 6.07 Å². The van der Waals surface area contributed by atoms with Crippen molar-refractivity contribution < 1.29 is 13.5 Å². The Bertz CT molecular complexity index is 467. The zero-order valence-corrected chi connectivity index (χ0v) is 9.94. The second-order valence-corrected chi connectivity index (χ2v) is 6.57. The molecule has 0 saturated carbocycles. The molecule has 0 bridgehead atoms. The van der Waals surface area contributed by atoms with E-state index in [4.69, 9.17) is 0 Å². The molecule has 2 heterocycles. The summed E-state index contributed by atoms with van der Waals surface area (Å²) in [5.74, 6) is 0.0882. The van der Waals surface area contributed by atoms with Crippen molar-refractivity contribution >= 4 is 9.84 Å². The third-order valence-corrected chi connectivity index (χ3v) is 4.78. The van der Waals surface area contributed by atoms with Crippen molar-refractivity contribution in [2.45, 2.75) is 19.4 Å². The van der Waals surface area contributed by atoms with Crippen LogP contribution in [0.4, 0.5) is 0 Å². The fourth-order valence-corrected chi connectivity index (χ4v) is 3.83. The maximum Gasteiger partial charge on any atom is 0.150 e. The van der Waals surface area contributed by atoms with Gasteiger partial charge in [-0.05, 0) is 25.0 Å². The minimum absolute atomic E-state index is 0.0854. The highest BCUT2D eigenvalue weighted by molar-refractivity contribution is 7.91. The topological polar surface area (TPSA) is 67.3 Å². The van der Waals surface area contributed by atoms with Crippen LogP contribution in [0, 0.1) is 12.8 Å². The molecule has 5 heteroatoms. The lowest BCUT2D eigenvalue weighted by Gasteiger charge is -2.16. The fraction of sp³-hybridized carbons (Fsp3) is 0.545. The summed E-state index contributed by atoms with van der Waals surface area (Å²) in [6, 6.07) is 3.62. The largest absolute Gasteiger partial charge is 0.388 e. The average molecular weight is 241 g/mol. The quantitative estimate of drug-likeness (QED) is 0.834. The van der Waals surface area contributed by atoms with Gasteiger partial charge in [0.05, 0.1) is 17.6 Å². The minimum atomic E-state index is -2.94. The summed E-state index contributed by atoms with van der Waals surface area (Å²) in [6.07, 6.45) is 1.44. The molecule has 1 aliphatic rings. The van der Waals surface area contributed by atoms with E-state index in [-0.39, 0.29) is 17.4 Å². The Morgan fingerprint density at radius 3 is 2.75 bits per heavy atom. The second-order valence-electron chi connectivity index (χ2n) is 4.34. The zero-order chi connectivity index (χ0) is 11.8. The first-order chi connectivity index (χ1) is 7.48. The lowest BCUT2D eigenvalue weighted by Crippen LogP contribution is -2.14. The third kappa shape index (κ3) is 2.41. The Balaban J connectivity index is 2.14. The van der Waals surface area contributed by atoms with E-state index in [2.05, 4.69) is 4.98 Å². The highest BCUT2D eigenvalue weighted by Crippen LogP contribution is 2.30. The predicted molar refractivity (Wildman–Crippen MR) is 60.7 cm³/mol. The van der Waals surface area contributed by atoms with Crippen LogP contribution in [-0.2, 0) is 9.84 Å². The van der Waals surface area contributed by atoms with Crippen LogP contribution < -0.4 is 0 Å². The summed E-state index contributed by atoms with van der Waals surface area (Å²) < 4.78 is 22.6. The minimum Gasteiger partial charge on any atom is -0.388 e. The van der Waals surface area contributed by atoms with E-state index in [1.54, 1.807) is 12.3 Å². The van der Waals surface area contributed by atoms with E-state index in [1.165, 1.54) is 0 Å². The standard InChI is InChI=1S/C11H15NO3S/c1-8-2-3-9(6-12-8)11(13)10-4-5-16(14,15)7-10/h2-3,6,10-11,13H,4-5,7H2,1H3. The van der Waals surface area contributed by atoms with Crippen LogP contribution in [-0.4, -0.2) is 30.0 Å². The van der Waals surface area contributed by atoms with Gasteiger partial charge in [-0.3, -0.25) is 4.98 Å².